The van der Waals surface area contributed by atoms with E-state index in [4.69, 9.17) is 0 Å². The summed E-state index contributed by atoms with van der Waals surface area (Å²) in [5, 5.41) is 11.3. The molecule has 0 aliphatic heterocycles. The third-order valence-corrected chi connectivity index (χ3v) is 3.08. The molecule has 0 amide bonds. The third kappa shape index (κ3) is 2.61. The van der Waals surface area contributed by atoms with Crippen LogP contribution in [0.15, 0.2) is 22.9 Å². The SMILES string of the molecule is O=[N+]([O-])C1=CC(C(F)(F)F)=C(C=S)C(=S)C1=S. The Hall–Kier alpha value is -1.06. The maximum atomic E-state index is 12.6. The van der Waals surface area contributed by atoms with Crippen LogP contribution in [0.2, 0.25) is 0 Å². The van der Waals surface area contributed by atoms with Crippen molar-refractivity contribution in [3.63, 3.8) is 0 Å². The summed E-state index contributed by atoms with van der Waals surface area (Å²) in [4.78, 5) is 8.71. The zero-order valence-corrected chi connectivity index (χ0v) is 10.2. The Balaban J connectivity index is 3.55. The van der Waals surface area contributed by atoms with Crippen molar-refractivity contribution >= 4 is 51.8 Å². The molecule has 3 nitrogen and oxygen atoms in total. The van der Waals surface area contributed by atoms with E-state index in [0.717, 1.165) is 5.37 Å². The van der Waals surface area contributed by atoms with Crippen LogP contribution in [0.4, 0.5) is 13.2 Å². The quantitative estimate of drug-likeness (QED) is 0.445. The lowest BCUT2D eigenvalue weighted by atomic mass is 9.96. The molecule has 0 fully saturated rings. The number of rotatable bonds is 2. The lowest BCUT2D eigenvalue weighted by molar-refractivity contribution is -0.414. The van der Waals surface area contributed by atoms with Crippen molar-refractivity contribution < 1.29 is 18.1 Å². The fraction of sp³-hybridized carbons (Fsp3) is 0.125. The molecule has 0 saturated heterocycles. The minimum absolute atomic E-state index is 0.357. The molecular weight excluding hydrogens is 295 g/mol. The Bertz CT molecular complexity index is 505. The highest BCUT2D eigenvalue weighted by atomic mass is 32.1. The lowest BCUT2D eigenvalue weighted by Crippen LogP contribution is -2.29. The van der Waals surface area contributed by atoms with Gasteiger partial charge in [-0.15, -0.1) is 0 Å². The summed E-state index contributed by atoms with van der Waals surface area (Å²) >= 11 is 13.7. The van der Waals surface area contributed by atoms with Crippen molar-refractivity contribution in [1.82, 2.24) is 0 Å². The van der Waals surface area contributed by atoms with Crippen molar-refractivity contribution in [1.29, 1.82) is 0 Å². The van der Waals surface area contributed by atoms with Gasteiger partial charge in [-0.05, 0) is 0 Å². The van der Waals surface area contributed by atoms with Crippen LogP contribution in [0.5, 0.6) is 0 Å². The number of halogens is 3. The van der Waals surface area contributed by atoms with Crippen LogP contribution in [0.1, 0.15) is 0 Å². The first-order valence-electron chi connectivity index (χ1n) is 3.92. The Labute approximate surface area is 109 Å². The average Bonchev–Trinajstić information content (AvgIpc) is 2.19. The Morgan fingerprint density at radius 1 is 1.29 bits per heavy atom. The van der Waals surface area contributed by atoms with Crippen molar-refractivity contribution in [2.24, 2.45) is 0 Å². The van der Waals surface area contributed by atoms with Crippen molar-refractivity contribution in [3.05, 3.63) is 33.0 Å². The first-order valence-corrected chi connectivity index (χ1v) is 5.20. The Morgan fingerprint density at radius 2 is 1.82 bits per heavy atom. The second kappa shape index (κ2) is 4.67. The Kier molecular flexibility index (Phi) is 3.84. The second-order valence-electron chi connectivity index (χ2n) is 2.89. The van der Waals surface area contributed by atoms with E-state index in [9.17, 15) is 23.3 Å². The molecule has 0 spiro atoms. The van der Waals surface area contributed by atoms with Crippen molar-refractivity contribution in [2.75, 3.05) is 0 Å². The number of thiocarbonyl (C=S) groups is 3. The molecule has 0 saturated carbocycles. The summed E-state index contributed by atoms with van der Waals surface area (Å²) < 4.78 is 37.9. The fourth-order valence-electron chi connectivity index (χ4n) is 1.13. The maximum Gasteiger partial charge on any atom is 0.417 e. The fourth-order valence-corrected chi connectivity index (χ4v) is 1.96. The molecule has 9 heteroatoms. The molecule has 0 aromatic rings. The summed E-state index contributed by atoms with van der Waals surface area (Å²) in [6, 6.07) is 0. The van der Waals surface area contributed by atoms with Gasteiger partial charge >= 0.3 is 6.18 Å². The lowest BCUT2D eigenvalue weighted by Gasteiger charge is -2.17. The topological polar surface area (TPSA) is 43.1 Å². The highest BCUT2D eigenvalue weighted by molar-refractivity contribution is 7.90. The normalized spacial score (nSPS) is 17.0. The van der Waals surface area contributed by atoms with Gasteiger partial charge in [0.1, 0.15) is 4.86 Å². The van der Waals surface area contributed by atoms with Gasteiger partial charge in [-0.3, -0.25) is 10.1 Å². The first-order chi connectivity index (χ1) is 7.70. The van der Waals surface area contributed by atoms with Crippen LogP contribution in [0.25, 0.3) is 0 Å². The largest absolute Gasteiger partial charge is 0.417 e. The zero-order valence-electron chi connectivity index (χ0n) is 7.78. The summed E-state index contributed by atoms with van der Waals surface area (Å²) in [7, 11) is 0. The summed E-state index contributed by atoms with van der Waals surface area (Å²) in [5.74, 6) is 0. The van der Waals surface area contributed by atoms with E-state index < -0.39 is 37.7 Å². The average molecular weight is 297 g/mol. The molecule has 0 radical (unpaired) electrons. The van der Waals surface area contributed by atoms with E-state index in [1.165, 1.54) is 0 Å². The summed E-state index contributed by atoms with van der Waals surface area (Å²) in [6.07, 6.45) is -4.41. The molecule has 17 heavy (non-hydrogen) atoms. The first kappa shape index (κ1) is 14.0. The number of hydrogen-bond acceptors (Lipinski definition) is 5. The molecule has 1 rings (SSSR count). The molecule has 0 aromatic carbocycles. The Morgan fingerprint density at radius 3 is 2.18 bits per heavy atom. The molecule has 0 atom stereocenters. The van der Waals surface area contributed by atoms with E-state index >= 15 is 0 Å². The molecule has 0 aromatic heterocycles. The minimum Gasteiger partial charge on any atom is -0.258 e. The highest BCUT2D eigenvalue weighted by Crippen LogP contribution is 2.33. The minimum atomic E-state index is -4.77. The second-order valence-corrected chi connectivity index (χ2v) is 3.94. The van der Waals surface area contributed by atoms with Gasteiger partial charge in [0.15, 0.2) is 0 Å². The van der Waals surface area contributed by atoms with Crippen LogP contribution in [-0.4, -0.2) is 26.2 Å². The standard InChI is InChI=1S/C8H2F3NO2S3/c9-8(10,11)4-1-5(12(13)14)7(17)6(16)3(4)2-15/h1-2H. The van der Waals surface area contributed by atoms with Crippen molar-refractivity contribution in [2.45, 2.75) is 6.18 Å². The molecule has 0 unspecified atom stereocenters. The van der Waals surface area contributed by atoms with Gasteiger partial charge < -0.3 is 0 Å². The van der Waals surface area contributed by atoms with E-state index in [2.05, 4.69) is 36.7 Å². The number of hydrogen-bond donors (Lipinski definition) is 0. The van der Waals surface area contributed by atoms with E-state index in [0.29, 0.717) is 6.08 Å². The number of alkyl halides is 3. The van der Waals surface area contributed by atoms with E-state index in [-0.39, 0.29) is 0 Å². The van der Waals surface area contributed by atoms with Gasteiger partial charge in [-0.2, -0.15) is 13.2 Å². The van der Waals surface area contributed by atoms with Crippen LogP contribution in [0, 0.1) is 10.1 Å². The molecule has 1 aliphatic rings. The smallest absolute Gasteiger partial charge is 0.258 e. The molecule has 1 aliphatic carbocycles. The van der Waals surface area contributed by atoms with Gasteiger partial charge in [-0.1, -0.05) is 36.7 Å². The van der Waals surface area contributed by atoms with Gasteiger partial charge in [0.05, 0.1) is 15.4 Å². The highest BCUT2D eigenvalue weighted by Gasteiger charge is 2.41. The predicted molar refractivity (Wildman–Crippen MR) is 67.0 cm³/mol. The zero-order chi connectivity index (χ0) is 13.4. The van der Waals surface area contributed by atoms with Crippen molar-refractivity contribution in [3.8, 4) is 0 Å². The van der Waals surface area contributed by atoms with Crippen LogP contribution >= 0.6 is 36.7 Å². The van der Waals surface area contributed by atoms with Crippen LogP contribution in [-0.2, 0) is 0 Å². The van der Waals surface area contributed by atoms with Gasteiger partial charge in [0, 0.05) is 17.0 Å². The molecule has 0 bridgehead atoms. The number of nitrogens with zero attached hydrogens (tertiary/aromatic N) is 1. The molecule has 90 valence electrons. The number of nitro groups is 1. The maximum absolute atomic E-state index is 12.6. The van der Waals surface area contributed by atoms with E-state index in [1.807, 2.05) is 0 Å². The van der Waals surface area contributed by atoms with Gasteiger partial charge in [0.25, 0.3) is 5.70 Å². The third-order valence-electron chi connectivity index (χ3n) is 1.87. The van der Waals surface area contributed by atoms with Gasteiger partial charge in [-0.25, -0.2) is 0 Å². The van der Waals surface area contributed by atoms with Crippen LogP contribution < -0.4 is 0 Å². The molecule has 0 N–H and O–H groups in total. The predicted octanol–water partition coefficient (Wildman–Crippen LogP) is 2.76. The van der Waals surface area contributed by atoms with Crippen LogP contribution in [0.3, 0.4) is 0 Å². The monoisotopic (exact) mass is 297 g/mol. The summed E-state index contributed by atoms with van der Waals surface area (Å²) in [6.45, 7) is 0. The van der Waals surface area contributed by atoms with E-state index in [1.54, 1.807) is 0 Å². The summed E-state index contributed by atoms with van der Waals surface area (Å²) in [5.41, 5.74) is -2.55. The van der Waals surface area contributed by atoms with Gasteiger partial charge in [0.2, 0.25) is 0 Å². The molecule has 0 heterocycles. The number of allylic oxidation sites excluding steroid dienone is 4. The molecular formula is C8H2F3NO2S3.